The first-order valence-corrected chi connectivity index (χ1v) is 12.4. The van der Waals surface area contributed by atoms with Gasteiger partial charge in [-0.05, 0) is 86.8 Å². The summed E-state index contributed by atoms with van der Waals surface area (Å²) in [6.45, 7) is -0.346. The van der Waals surface area contributed by atoms with Crippen molar-refractivity contribution in [3.63, 3.8) is 0 Å². The summed E-state index contributed by atoms with van der Waals surface area (Å²) < 4.78 is 10.7. The van der Waals surface area contributed by atoms with Gasteiger partial charge in [0.05, 0.1) is 18.2 Å². The Labute approximate surface area is 209 Å². The molecule has 4 fully saturated rings. The summed E-state index contributed by atoms with van der Waals surface area (Å²) in [6, 6.07) is 13.6. The molecule has 4 aliphatic rings. The van der Waals surface area contributed by atoms with E-state index in [9.17, 15) is 14.4 Å². The van der Waals surface area contributed by atoms with E-state index in [1.807, 2.05) is 6.07 Å². The molecule has 4 atom stereocenters. The molecule has 4 bridgehead atoms. The van der Waals surface area contributed by atoms with Crippen molar-refractivity contribution in [3.05, 3.63) is 54.1 Å². The Hall–Kier alpha value is -3.06. The van der Waals surface area contributed by atoms with Gasteiger partial charge < -0.3 is 20.1 Å². The third-order valence-electron chi connectivity index (χ3n) is 7.54. The standard InChI is InChI=1S/C27H29ClN2O5/c1-34-22-5-3-2-4-21(22)30-24(32)19-6-8-20(9-7-19)29-23(31)15-35-25(33)26-11-17-10-18(12-26)14-27(28,13-17)16-26/h2-9,17-18H,10-16H2,1H3,(H,29,31)(H,30,32)/t17-,18+,26?,27?. The predicted molar refractivity (Wildman–Crippen MR) is 133 cm³/mol. The Morgan fingerprint density at radius 1 is 0.971 bits per heavy atom. The maximum Gasteiger partial charge on any atom is 0.312 e. The van der Waals surface area contributed by atoms with Gasteiger partial charge in [-0.2, -0.15) is 0 Å². The molecule has 7 nitrogen and oxygen atoms in total. The highest BCUT2D eigenvalue weighted by Gasteiger charge is 2.60. The fourth-order valence-corrected chi connectivity index (χ4v) is 7.21. The second kappa shape index (κ2) is 9.19. The topological polar surface area (TPSA) is 93.7 Å². The summed E-state index contributed by atoms with van der Waals surface area (Å²) in [7, 11) is 1.54. The summed E-state index contributed by atoms with van der Waals surface area (Å²) in [6.07, 6.45) is 5.39. The van der Waals surface area contributed by atoms with E-state index in [4.69, 9.17) is 21.1 Å². The number of methoxy groups -OCH3 is 1. The van der Waals surface area contributed by atoms with Crippen molar-refractivity contribution in [2.24, 2.45) is 17.3 Å². The number of hydrogen-bond acceptors (Lipinski definition) is 5. The summed E-state index contributed by atoms with van der Waals surface area (Å²) in [4.78, 5) is 37.7. The van der Waals surface area contributed by atoms with Crippen molar-refractivity contribution in [1.82, 2.24) is 0 Å². The molecule has 0 radical (unpaired) electrons. The van der Waals surface area contributed by atoms with Crippen molar-refractivity contribution in [2.45, 2.75) is 43.4 Å². The Balaban J connectivity index is 1.14. The molecule has 0 saturated heterocycles. The van der Waals surface area contributed by atoms with Crippen LogP contribution >= 0.6 is 11.6 Å². The molecule has 0 spiro atoms. The number of anilines is 2. The van der Waals surface area contributed by atoms with Crippen molar-refractivity contribution in [3.8, 4) is 5.75 Å². The third kappa shape index (κ3) is 4.87. The summed E-state index contributed by atoms with van der Waals surface area (Å²) in [5.74, 6) is 0.510. The van der Waals surface area contributed by atoms with Gasteiger partial charge in [-0.3, -0.25) is 14.4 Å². The summed E-state index contributed by atoms with van der Waals surface area (Å²) in [5, 5.41) is 5.53. The van der Waals surface area contributed by atoms with Crippen LogP contribution in [0.4, 0.5) is 11.4 Å². The average Bonchev–Trinajstić information content (AvgIpc) is 2.81. The van der Waals surface area contributed by atoms with Gasteiger partial charge in [0.2, 0.25) is 0 Å². The lowest BCUT2D eigenvalue weighted by Crippen LogP contribution is -2.56. The van der Waals surface area contributed by atoms with E-state index < -0.39 is 11.3 Å². The average molecular weight is 497 g/mol. The molecule has 6 rings (SSSR count). The Morgan fingerprint density at radius 2 is 1.66 bits per heavy atom. The van der Waals surface area contributed by atoms with Crippen LogP contribution in [0, 0.1) is 17.3 Å². The van der Waals surface area contributed by atoms with E-state index in [1.54, 1.807) is 42.5 Å². The summed E-state index contributed by atoms with van der Waals surface area (Å²) in [5.41, 5.74) is 0.965. The minimum Gasteiger partial charge on any atom is -0.495 e. The van der Waals surface area contributed by atoms with Crippen LogP contribution in [-0.2, 0) is 14.3 Å². The first-order valence-electron chi connectivity index (χ1n) is 12.0. The van der Waals surface area contributed by atoms with Crippen LogP contribution in [0.25, 0.3) is 0 Å². The Bertz CT molecular complexity index is 1130. The number of rotatable bonds is 7. The van der Waals surface area contributed by atoms with E-state index in [-0.39, 0.29) is 23.4 Å². The molecule has 0 aliphatic heterocycles. The van der Waals surface area contributed by atoms with Gasteiger partial charge in [-0.1, -0.05) is 12.1 Å². The zero-order chi connectivity index (χ0) is 24.6. The highest BCUT2D eigenvalue weighted by Crippen LogP contribution is 2.64. The van der Waals surface area contributed by atoms with Gasteiger partial charge in [0, 0.05) is 16.1 Å². The van der Waals surface area contributed by atoms with Crippen molar-refractivity contribution in [2.75, 3.05) is 24.4 Å². The molecule has 2 N–H and O–H groups in total. The highest BCUT2D eigenvalue weighted by atomic mass is 35.5. The molecule has 184 valence electrons. The normalized spacial score (nSPS) is 28.3. The number of nitrogens with one attached hydrogen (secondary N) is 2. The van der Waals surface area contributed by atoms with Crippen molar-refractivity contribution >= 4 is 40.8 Å². The van der Waals surface area contributed by atoms with E-state index in [0.29, 0.717) is 40.9 Å². The largest absolute Gasteiger partial charge is 0.495 e. The number of ether oxygens (including phenoxy) is 2. The van der Waals surface area contributed by atoms with Gasteiger partial charge in [-0.25, -0.2) is 0 Å². The van der Waals surface area contributed by atoms with Crippen LogP contribution in [-0.4, -0.2) is 36.4 Å². The lowest BCUT2D eigenvalue weighted by molar-refractivity contribution is -0.171. The molecule has 8 heteroatoms. The minimum absolute atomic E-state index is 0.287. The van der Waals surface area contributed by atoms with Crippen LogP contribution in [0.1, 0.15) is 48.9 Å². The minimum atomic E-state index is -0.539. The molecule has 35 heavy (non-hydrogen) atoms. The lowest BCUT2D eigenvalue weighted by atomic mass is 9.49. The van der Waals surface area contributed by atoms with Crippen LogP contribution in [0.15, 0.2) is 48.5 Å². The Kier molecular flexibility index (Phi) is 6.21. The van der Waals surface area contributed by atoms with Crippen molar-refractivity contribution in [1.29, 1.82) is 0 Å². The lowest BCUT2D eigenvalue weighted by Gasteiger charge is -2.58. The van der Waals surface area contributed by atoms with Crippen LogP contribution < -0.4 is 15.4 Å². The zero-order valence-electron chi connectivity index (χ0n) is 19.6. The van der Waals surface area contributed by atoms with Crippen LogP contribution in [0.3, 0.4) is 0 Å². The highest BCUT2D eigenvalue weighted by molar-refractivity contribution is 6.24. The fourth-order valence-electron chi connectivity index (χ4n) is 6.52. The Morgan fingerprint density at radius 3 is 2.31 bits per heavy atom. The third-order valence-corrected chi connectivity index (χ3v) is 7.99. The van der Waals surface area contributed by atoms with Gasteiger partial charge >= 0.3 is 5.97 Å². The monoisotopic (exact) mass is 496 g/mol. The second-order valence-corrected chi connectivity index (χ2v) is 11.1. The zero-order valence-corrected chi connectivity index (χ0v) is 20.4. The van der Waals surface area contributed by atoms with E-state index in [2.05, 4.69) is 10.6 Å². The number of esters is 1. The second-order valence-electron chi connectivity index (χ2n) is 10.2. The van der Waals surface area contributed by atoms with Crippen LogP contribution in [0.5, 0.6) is 5.75 Å². The van der Waals surface area contributed by atoms with E-state index in [1.165, 1.54) is 7.11 Å². The predicted octanol–water partition coefficient (Wildman–Crippen LogP) is 5.01. The number of halogens is 1. The number of para-hydroxylation sites is 2. The van der Waals surface area contributed by atoms with Crippen LogP contribution in [0.2, 0.25) is 0 Å². The maximum absolute atomic E-state index is 13.0. The molecule has 2 unspecified atom stereocenters. The van der Waals surface area contributed by atoms with Crippen molar-refractivity contribution < 1.29 is 23.9 Å². The van der Waals surface area contributed by atoms with Gasteiger partial charge in [0.25, 0.3) is 11.8 Å². The van der Waals surface area contributed by atoms with Gasteiger partial charge in [0.1, 0.15) is 5.75 Å². The van der Waals surface area contributed by atoms with Gasteiger partial charge in [-0.15, -0.1) is 11.6 Å². The van der Waals surface area contributed by atoms with E-state index >= 15 is 0 Å². The molecule has 2 amide bonds. The fraction of sp³-hybridized carbons (Fsp3) is 0.444. The molecule has 2 aromatic carbocycles. The molecule has 0 heterocycles. The molecule has 2 aromatic rings. The molecule has 4 saturated carbocycles. The molecule has 0 aromatic heterocycles. The number of carbonyl (C=O) groups is 3. The number of benzene rings is 2. The first-order chi connectivity index (χ1) is 16.8. The SMILES string of the molecule is COc1ccccc1NC(=O)c1ccc(NC(=O)COC(=O)C23C[C@@H]4C[C@@H](CC(Cl)(C4)C2)C3)cc1. The van der Waals surface area contributed by atoms with E-state index in [0.717, 1.165) is 32.1 Å². The smallest absolute Gasteiger partial charge is 0.312 e. The number of carbonyl (C=O) groups excluding carboxylic acids is 3. The molecular formula is C27H29ClN2O5. The molecular weight excluding hydrogens is 468 g/mol. The summed E-state index contributed by atoms with van der Waals surface area (Å²) >= 11 is 6.81. The number of amides is 2. The maximum atomic E-state index is 13.0. The number of hydrogen-bond donors (Lipinski definition) is 2. The number of alkyl halides is 1. The quantitative estimate of drug-likeness (QED) is 0.415. The first kappa shape index (κ1) is 23.7. The molecule has 4 aliphatic carbocycles. The van der Waals surface area contributed by atoms with Gasteiger partial charge in [0.15, 0.2) is 6.61 Å².